The fourth-order valence-corrected chi connectivity index (χ4v) is 3.26. The molecule has 156 valence electrons. The molecule has 1 aromatic heterocycles. The molecule has 0 saturated carbocycles. The Kier molecular flexibility index (Phi) is 6.78. The Labute approximate surface area is 181 Å². The van der Waals surface area contributed by atoms with E-state index in [0.717, 1.165) is 22.6 Å². The largest absolute Gasteiger partial charge is 0.489 e. The van der Waals surface area contributed by atoms with Crippen molar-refractivity contribution in [3.8, 4) is 5.75 Å². The number of benzene rings is 3. The third kappa shape index (κ3) is 5.84. The van der Waals surface area contributed by atoms with Crippen LogP contribution in [0.4, 0.5) is 5.69 Å². The molecule has 0 radical (unpaired) electrons. The van der Waals surface area contributed by atoms with Gasteiger partial charge in [-0.25, -0.2) is 0 Å². The summed E-state index contributed by atoms with van der Waals surface area (Å²) in [5, 5.41) is 6.19. The molecule has 0 aliphatic rings. The normalized spacial score (nSPS) is 11.6. The summed E-state index contributed by atoms with van der Waals surface area (Å²) in [5.41, 5.74) is 2.86. The molecular formula is C26H24N2O3. The van der Waals surface area contributed by atoms with Gasteiger partial charge in [-0.2, -0.15) is 0 Å². The Bertz CT molecular complexity index is 1060. The van der Waals surface area contributed by atoms with Gasteiger partial charge < -0.3 is 14.5 Å². The van der Waals surface area contributed by atoms with Crippen LogP contribution in [0.15, 0.2) is 108 Å². The molecule has 0 aliphatic heterocycles. The van der Waals surface area contributed by atoms with E-state index < -0.39 is 0 Å². The fraction of sp³-hybridized carbons (Fsp3) is 0.115. The highest BCUT2D eigenvalue weighted by Gasteiger charge is 2.17. The first kappa shape index (κ1) is 20.4. The van der Waals surface area contributed by atoms with Gasteiger partial charge >= 0.3 is 0 Å². The van der Waals surface area contributed by atoms with Gasteiger partial charge in [0.2, 0.25) is 5.91 Å². The van der Waals surface area contributed by atoms with E-state index in [2.05, 4.69) is 10.6 Å². The Morgan fingerprint density at radius 1 is 0.839 bits per heavy atom. The number of nitrogens with one attached hydrogen (secondary N) is 2. The molecule has 0 saturated heterocycles. The molecule has 0 spiro atoms. The van der Waals surface area contributed by atoms with Crippen LogP contribution in [0.5, 0.6) is 5.75 Å². The van der Waals surface area contributed by atoms with Crippen molar-refractivity contribution in [2.24, 2.45) is 0 Å². The summed E-state index contributed by atoms with van der Waals surface area (Å²) in [6, 6.07) is 30.8. The lowest BCUT2D eigenvalue weighted by Crippen LogP contribution is -2.31. The van der Waals surface area contributed by atoms with Crippen LogP contribution < -0.4 is 15.4 Å². The van der Waals surface area contributed by atoms with E-state index in [9.17, 15) is 4.79 Å². The molecule has 1 amide bonds. The van der Waals surface area contributed by atoms with Gasteiger partial charge in [0.05, 0.1) is 18.8 Å². The molecule has 2 N–H and O–H groups in total. The zero-order valence-corrected chi connectivity index (χ0v) is 17.0. The topological polar surface area (TPSA) is 63.5 Å². The monoisotopic (exact) mass is 412 g/mol. The third-order valence-electron chi connectivity index (χ3n) is 4.81. The number of anilines is 1. The lowest BCUT2D eigenvalue weighted by molar-refractivity contribution is -0.115. The maximum absolute atomic E-state index is 12.5. The van der Waals surface area contributed by atoms with Crippen molar-refractivity contribution in [2.75, 3.05) is 11.9 Å². The van der Waals surface area contributed by atoms with E-state index >= 15 is 0 Å². The predicted molar refractivity (Wildman–Crippen MR) is 121 cm³/mol. The maximum atomic E-state index is 12.5. The smallest absolute Gasteiger partial charge is 0.238 e. The van der Waals surface area contributed by atoms with E-state index in [1.165, 1.54) is 0 Å². The second-order valence-corrected chi connectivity index (χ2v) is 7.09. The highest BCUT2D eigenvalue weighted by Crippen LogP contribution is 2.22. The van der Waals surface area contributed by atoms with E-state index in [1.54, 1.807) is 6.26 Å². The second-order valence-electron chi connectivity index (χ2n) is 7.09. The molecule has 1 atom stereocenters. The first-order valence-electron chi connectivity index (χ1n) is 10.2. The average Bonchev–Trinajstić information content (AvgIpc) is 3.35. The van der Waals surface area contributed by atoms with Crippen molar-refractivity contribution in [3.05, 3.63) is 120 Å². The van der Waals surface area contributed by atoms with E-state index in [4.69, 9.17) is 9.15 Å². The summed E-state index contributed by atoms with van der Waals surface area (Å²) in [5.74, 6) is 1.38. The number of carbonyl (C=O) groups is 1. The first-order chi connectivity index (χ1) is 15.3. The molecule has 1 heterocycles. The Balaban J connectivity index is 1.30. The van der Waals surface area contributed by atoms with Gasteiger partial charge in [-0.15, -0.1) is 0 Å². The Morgan fingerprint density at radius 3 is 2.23 bits per heavy atom. The van der Waals surface area contributed by atoms with Crippen molar-refractivity contribution in [2.45, 2.75) is 12.6 Å². The minimum absolute atomic E-state index is 0.134. The lowest BCUT2D eigenvalue weighted by Gasteiger charge is -2.17. The highest BCUT2D eigenvalue weighted by atomic mass is 16.5. The van der Waals surface area contributed by atoms with Crippen LogP contribution in [0.1, 0.15) is 22.9 Å². The van der Waals surface area contributed by atoms with Crippen LogP contribution in [-0.4, -0.2) is 12.5 Å². The first-order valence-corrected chi connectivity index (χ1v) is 10.2. The fourth-order valence-electron chi connectivity index (χ4n) is 3.26. The van der Waals surface area contributed by atoms with Crippen molar-refractivity contribution in [1.82, 2.24) is 5.32 Å². The lowest BCUT2D eigenvalue weighted by atomic mass is 10.0. The zero-order chi connectivity index (χ0) is 21.3. The van der Waals surface area contributed by atoms with Gasteiger partial charge in [-0.1, -0.05) is 60.7 Å². The van der Waals surface area contributed by atoms with Crippen LogP contribution in [0.2, 0.25) is 0 Å². The molecule has 4 rings (SSSR count). The third-order valence-corrected chi connectivity index (χ3v) is 4.81. The van der Waals surface area contributed by atoms with Gasteiger partial charge in [0, 0.05) is 5.69 Å². The minimum atomic E-state index is -0.198. The number of amides is 1. The van der Waals surface area contributed by atoms with Crippen LogP contribution in [0, 0.1) is 0 Å². The summed E-state index contributed by atoms with van der Waals surface area (Å²) < 4.78 is 11.3. The van der Waals surface area contributed by atoms with Crippen molar-refractivity contribution in [1.29, 1.82) is 0 Å². The van der Waals surface area contributed by atoms with Crippen LogP contribution in [0.3, 0.4) is 0 Å². The average molecular weight is 412 g/mol. The Morgan fingerprint density at radius 2 is 1.55 bits per heavy atom. The molecule has 31 heavy (non-hydrogen) atoms. The molecule has 0 bridgehead atoms. The van der Waals surface area contributed by atoms with E-state index in [1.807, 2.05) is 97.1 Å². The zero-order valence-electron chi connectivity index (χ0n) is 17.0. The van der Waals surface area contributed by atoms with Gasteiger partial charge in [0.1, 0.15) is 18.1 Å². The number of ether oxygens (including phenoxy) is 1. The molecule has 3 aromatic carbocycles. The number of furan rings is 1. The molecule has 5 nitrogen and oxygen atoms in total. The van der Waals surface area contributed by atoms with Crippen LogP contribution in [-0.2, 0) is 11.4 Å². The SMILES string of the molecule is O=C(CN[C@H](c1ccccc1)c1ccco1)Nc1ccc(OCc2ccccc2)cc1. The molecule has 5 heteroatoms. The maximum Gasteiger partial charge on any atom is 0.238 e. The minimum Gasteiger partial charge on any atom is -0.489 e. The van der Waals surface area contributed by atoms with Gasteiger partial charge in [-0.3, -0.25) is 10.1 Å². The number of hydrogen-bond donors (Lipinski definition) is 2. The summed E-state index contributed by atoms with van der Waals surface area (Å²) >= 11 is 0. The van der Waals surface area contributed by atoms with Crippen molar-refractivity contribution < 1.29 is 13.9 Å². The number of rotatable bonds is 9. The summed E-state index contributed by atoms with van der Waals surface area (Å²) in [7, 11) is 0. The van der Waals surface area contributed by atoms with Crippen LogP contribution >= 0.6 is 0 Å². The standard InChI is InChI=1S/C26H24N2O3/c29-25(18-27-26(24-12-7-17-30-24)21-10-5-2-6-11-21)28-22-13-15-23(16-14-22)31-19-20-8-3-1-4-9-20/h1-17,26-27H,18-19H2,(H,28,29)/t26-/m1/s1. The molecule has 0 unspecified atom stereocenters. The number of carbonyl (C=O) groups excluding carboxylic acids is 1. The van der Waals surface area contributed by atoms with E-state index in [-0.39, 0.29) is 18.5 Å². The number of hydrogen-bond acceptors (Lipinski definition) is 4. The molecular weight excluding hydrogens is 388 g/mol. The molecule has 4 aromatic rings. The van der Waals surface area contributed by atoms with Gasteiger partial charge in [0.25, 0.3) is 0 Å². The Hall–Kier alpha value is -3.83. The van der Waals surface area contributed by atoms with E-state index in [0.29, 0.717) is 12.3 Å². The molecule has 0 aliphatic carbocycles. The summed E-state index contributed by atoms with van der Waals surface area (Å²) in [6.45, 7) is 0.649. The van der Waals surface area contributed by atoms with Gasteiger partial charge in [0.15, 0.2) is 0 Å². The highest BCUT2D eigenvalue weighted by molar-refractivity contribution is 5.92. The van der Waals surface area contributed by atoms with Gasteiger partial charge in [-0.05, 0) is 47.5 Å². The quantitative estimate of drug-likeness (QED) is 0.398. The predicted octanol–water partition coefficient (Wildman–Crippen LogP) is 5.18. The van der Waals surface area contributed by atoms with Crippen molar-refractivity contribution >= 4 is 11.6 Å². The molecule has 0 fully saturated rings. The summed E-state index contributed by atoms with van der Waals surface area (Å²) in [4.78, 5) is 12.5. The van der Waals surface area contributed by atoms with Crippen molar-refractivity contribution in [3.63, 3.8) is 0 Å². The van der Waals surface area contributed by atoms with Crippen LogP contribution in [0.25, 0.3) is 0 Å². The summed E-state index contributed by atoms with van der Waals surface area (Å²) in [6.07, 6.45) is 1.63. The second kappa shape index (κ2) is 10.3.